The van der Waals surface area contributed by atoms with Crippen LogP contribution in [0.5, 0.6) is 0 Å². The van der Waals surface area contributed by atoms with Crippen molar-refractivity contribution in [3.05, 3.63) is 18.7 Å². The van der Waals surface area contributed by atoms with E-state index in [1.807, 2.05) is 7.05 Å². The van der Waals surface area contributed by atoms with Crippen LogP contribution < -0.4 is 4.57 Å². The summed E-state index contributed by atoms with van der Waals surface area (Å²) in [5.41, 5.74) is 0. The molecule has 0 amide bonds. The molecular formula is C8H16F6N2NaP. The molecular weight excluding hydrogens is 292 g/mol. The molecule has 1 heterocycles. The van der Waals surface area contributed by atoms with Gasteiger partial charge in [-0.05, 0) is 6.42 Å². The fourth-order valence-corrected chi connectivity index (χ4v) is 0.975. The summed E-state index contributed by atoms with van der Waals surface area (Å²) in [7, 11) is -8.61. The topological polar surface area (TPSA) is 8.81 Å². The second kappa shape index (κ2) is 6.11. The Morgan fingerprint density at radius 1 is 1.11 bits per heavy atom. The summed E-state index contributed by atoms with van der Waals surface area (Å²) in [5.74, 6) is 0. The number of nitrogens with zero attached hydrogens (tertiary/aromatic N) is 2. The number of halogens is 6. The minimum absolute atomic E-state index is 0. The van der Waals surface area contributed by atoms with E-state index < -0.39 is 7.81 Å². The molecule has 18 heavy (non-hydrogen) atoms. The van der Waals surface area contributed by atoms with Gasteiger partial charge in [-0.3, -0.25) is 0 Å². The molecule has 0 saturated heterocycles. The predicted octanol–water partition coefficient (Wildman–Crippen LogP) is 3.85. The fraction of sp³-hybridized carbons (Fsp3) is 0.625. The zero-order valence-corrected chi connectivity index (χ0v) is 10.4. The normalized spacial score (nSPS) is 14.7. The summed E-state index contributed by atoms with van der Waals surface area (Å²) in [6.45, 7) is 3.36. The van der Waals surface area contributed by atoms with Gasteiger partial charge in [-0.25, -0.2) is 9.13 Å². The van der Waals surface area contributed by atoms with Gasteiger partial charge in [0.1, 0.15) is 12.4 Å². The molecule has 10 heteroatoms. The van der Waals surface area contributed by atoms with E-state index >= 15 is 0 Å². The Kier molecular flexibility index (Phi) is 6.98. The van der Waals surface area contributed by atoms with Crippen molar-refractivity contribution >= 4 is 37.4 Å². The number of rotatable bonds is 3. The van der Waals surface area contributed by atoms with E-state index in [0.717, 1.165) is 6.54 Å². The van der Waals surface area contributed by atoms with E-state index in [-0.39, 0.29) is 29.6 Å². The van der Waals surface area contributed by atoms with Gasteiger partial charge >= 0.3 is 62.5 Å². The Bertz CT molecular complexity index is 348. The number of hydrogen-bond acceptors (Lipinski definition) is 0. The van der Waals surface area contributed by atoms with E-state index in [1.165, 1.54) is 12.8 Å². The van der Waals surface area contributed by atoms with Crippen LogP contribution in [-0.4, -0.2) is 34.1 Å². The summed E-state index contributed by atoms with van der Waals surface area (Å²) in [4.78, 5) is 0. The maximum absolute atomic E-state index is 10.7. The first-order valence-corrected chi connectivity index (χ1v) is 6.88. The summed E-state index contributed by atoms with van der Waals surface area (Å²) >= 11 is 0. The molecule has 0 fully saturated rings. The van der Waals surface area contributed by atoms with Crippen LogP contribution in [-0.2, 0) is 13.6 Å². The van der Waals surface area contributed by atoms with E-state index in [4.69, 9.17) is 0 Å². The van der Waals surface area contributed by atoms with Gasteiger partial charge in [0.05, 0.1) is 13.6 Å². The van der Waals surface area contributed by atoms with Crippen LogP contribution in [0.4, 0.5) is 25.2 Å². The molecule has 0 N–H and O–H groups in total. The average Bonchev–Trinajstić information content (AvgIpc) is 2.42. The van der Waals surface area contributed by atoms with Crippen molar-refractivity contribution in [2.45, 2.75) is 26.3 Å². The SMILES string of the molecule is CCCC[n+]1ccn(C)c1.F[P-](F)(F)(F)(F)F.[NaH]. The van der Waals surface area contributed by atoms with Gasteiger partial charge in [0, 0.05) is 0 Å². The molecule has 106 valence electrons. The van der Waals surface area contributed by atoms with E-state index in [9.17, 15) is 25.2 Å². The Hall–Kier alpha value is 0.220. The van der Waals surface area contributed by atoms with Gasteiger partial charge in [-0.1, -0.05) is 13.3 Å². The van der Waals surface area contributed by atoms with Crippen LogP contribution in [0.25, 0.3) is 0 Å². The van der Waals surface area contributed by atoms with Crippen LogP contribution in [0.1, 0.15) is 19.8 Å². The first-order chi connectivity index (χ1) is 7.28. The zero-order chi connectivity index (χ0) is 13.8. The first kappa shape index (κ1) is 20.5. The third-order valence-corrected chi connectivity index (χ3v) is 1.59. The molecule has 1 aromatic heterocycles. The van der Waals surface area contributed by atoms with Gasteiger partial charge in [0.2, 0.25) is 6.33 Å². The molecule has 0 atom stereocenters. The number of unbranched alkanes of at least 4 members (excludes halogenated alkanes) is 1. The zero-order valence-electron chi connectivity index (χ0n) is 9.46. The molecule has 0 radical (unpaired) electrons. The monoisotopic (exact) mass is 308 g/mol. The molecule has 0 aromatic carbocycles. The van der Waals surface area contributed by atoms with Crippen molar-refractivity contribution < 1.29 is 29.7 Å². The number of aromatic nitrogens is 2. The predicted molar refractivity (Wildman–Crippen MR) is 61.2 cm³/mol. The second-order valence-corrected chi connectivity index (χ2v) is 5.55. The van der Waals surface area contributed by atoms with Gasteiger partial charge in [-0.2, -0.15) is 0 Å². The van der Waals surface area contributed by atoms with E-state index in [1.54, 1.807) is 0 Å². The van der Waals surface area contributed by atoms with Crippen molar-refractivity contribution in [2.24, 2.45) is 7.05 Å². The molecule has 0 spiro atoms. The van der Waals surface area contributed by atoms with Gasteiger partial charge in [0.25, 0.3) is 0 Å². The molecule has 1 rings (SSSR count). The standard InChI is InChI=1S/C8H15N2.F6P.Na.H/c1-3-4-5-10-7-6-9(2)8-10;1-7(2,3,4,5)6;;/h6-8H,3-5H2,1-2H3;;;/q+1;-1;;. The Balaban J connectivity index is 0. The van der Waals surface area contributed by atoms with Gasteiger partial charge in [0.15, 0.2) is 0 Å². The molecule has 0 aliphatic carbocycles. The first-order valence-electron chi connectivity index (χ1n) is 4.85. The van der Waals surface area contributed by atoms with Crippen LogP contribution in [0, 0.1) is 0 Å². The molecule has 0 unspecified atom stereocenters. The van der Waals surface area contributed by atoms with Crippen molar-refractivity contribution in [3.63, 3.8) is 0 Å². The molecule has 0 saturated carbocycles. The van der Waals surface area contributed by atoms with E-state index in [2.05, 4.69) is 34.8 Å². The third kappa shape index (κ3) is 21.5. The molecule has 1 aromatic rings. The van der Waals surface area contributed by atoms with Crippen LogP contribution in [0.2, 0.25) is 0 Å². The maximum atomic E-state index is 9.87. The van der Waals surface area contributed by atoms with Crippen LogP contribution in [0.3, 0.4) is 0 Å². The van der Waals surface area contributed by atoms with Crippen molar-refractivity contribution in [1.29, 1.82) is 0 Å². The van der Waals surface area contributed by atoms with Crippen LogP contribution in [0.15, 0.2) is 18.7 Å². The van der Waals surface area contributed by atoms with Crippen LogP contribution >= 0.6 is 7.81 Å². The van der Waals surface area contributed by atoms with Crippen molar-refractivity contribution in [3.8, 4) is 0 Å². The molecule has 0 aliphatic rings. The van der Waals surface area contributed by atoms with Crippen molar-refractivity contribution in [2.75, 3.05) is 0 Å². The average molecular weight is 308 g/mol. The summed E-state index contributed by atoms with van der Waals surface area (Å²) in [5, 5.41) is 0. The molecule has 2 nitrogen and oxygen atoms in total. The van der Waals surface area contributed by atoms with Gasteiger partial charge < -0.3 is 0 Å². The summed E-state index contributed by atoms with van der Waals surface area (Å²) in [6.07, 6.45) is 8.82. The fourth-order valence-electron chi connectivity index (χ4n) is 0.975. The second-order valence-electron chi connectivity index (χ2n) is 3.63. The number of imidazole rings is 1. The van der Waals surface area contributed by atoms with Gasteiger partial charge in [-0.15, -0.1) is 0 Å². The van der Waals surface area contributed by atoms with Crippen molar-refractivity contribution in [1.82, 2.24) is 4.57 Å². The number of hydrogen-bond donors (Lipinski definition) is 0. The summed E-state index contributed by atoms with van der Waals surface area (Å²) < 4.78 is 63.5. The molecule has 0 bridgehead atoms. The third-order valence-electron chi connectivity index (χ3n) is 1.59. The Morgan fingerprint density at radius 3 is 1.83 bits per heavy atom. The Morgan fingerprint density at radius 2 is 1.56 bits per heavy atom. The molecule has 0 aliphatic heterocycles. The number of aryl methyl sites for hydroxylation is 2. The summed E-state index contributed by atoms with van der Waals surface area (Å²) in [6, 6.07) is 0. The Labute approximate surface area is 124 Å². The quantitative estimate of drug-likeness (QED) is 0.347. The minimum atomic E-state index is -10.7. The van der Waals surface area contributed by atoms with E-state index in [0.29, 0.717) is 0 Å².